The molecular weight excluding hydrogens is 332 g/mol. The number of hydrogen-bond acceptors (Lipinski definition) is 5. The number of para-hydroxylation sites is 1. The van der Waals surface area contributed by atoms with Crippen LogP contribution in [0, 0.1) is 0 Å². The number of rotatable bonds is 4. The predicted molar refractivity (Wildman–Crippen MR) is 98.0 cm³/mol. The number of benzene rings is 1. The molecule has 1 aliphatic heterocycles. The van der Waals surface area contributed by atoms with Gasteiger partial charge in [0.05, 0.1) is 18.4 Å². The molecule has 0 aliphatic carbocycles. The van der Waals surface area contributed by atoms with Gasteiger partial charge in [-0.3, -0.25) is 4.98 Å². The molecule has 1 fully saturated rings. The first-order chi connectivity index (χ1) is 12.7. The molecule has 136 valence electrons. The van der Waals surface area contributed by atoms with E-state index < -0.39 is 0 Å². The maximum Gasteiger partial charge on any atom is 0.339 e. The summed E-state index contributed by atoms with van der Waals surface area (Å²) in [4.78, 5) is 32.2. The first-order valence-corrected chi connectivity index (χ1v) is 8.53. The maximum absolute atomic E-state index is 12.3. The normalized spacial score (nSPS) is 14.0. The molecule has 0 radical (unpaired) electrons. The number of methoxy groups -OCH3 is 1. The van der Waals surface area contributed by atoms with Crippen molar-refractivity contribution in [2.75, 3.05) is 38.2 Å². The lowest BCUT2D eigenvalue weighted by atomic mass is 10.1. The number of amides is 2. The van der Waals surface area contributed by atoms with Crippen molar-refractivity contribution in [3.8, 4) is 0 Å². The molecule has 2 heterocycles. The molecule has 1 aliphatic rings. The third kappa shape index (κ3) is 4.11. The van der Waals surface area contributed by atoms with Crippen molar-refractivity contribution in [3.05, 3.63) is 59.9 Å². The van der Waals surface area contributed by atoms with Gasteiger partial charge in [-0.25, -0.2) is 9.59 Å². The van der Waals surface area contributed by atoms with E-state index in [0.717, 1.165) is 11.3 Å². The molecule has 0 bridgehead atoms. The zero-order valence-corrected chi connectivity index (χ0v) is 14.7. The zero-order chi connectivity index (χ0) is 18.4. The van der Waals surface area contributed by atoms with E-state index in [1.807, 2.05) is 30.3 Å². The van der Waals surface area contributed by atoms with Crippen LogP contribution in [-0.2, 0) is 11.3 Å². The zero-order valence-electron chi connectivity index (χ0n) is 14.7. The molecule has 1 N–H and O–H groups in total. The highest BCUT2D eigenvalue weighted by Gasteiger charge is 2.24. The van der Waals surface area contributed by atoms with Gasteiger partial charge in [0, 0.05) is 45.1 Å². The minimum Gasteiger partial charge on any atom is -0.465 e. The second kappa shape index (κ2) is 8.33. The van der Waals surface area contributed by atoms with Gasteiger partial charge in [0.1, 0.15) is 0 Å². The lowest BCUT2D eigenvalue weighted by molar-refractivity contribution is 0.0601. The van der Waals surface area contributed by atoms with Crippen LogP contribution in [0.4, 0.5) is 10.5 Å². The summed E-state index contributed by atoms with van der Waals surface area (Å²) in [6, 6.07) is 11.1. The van der Waals surface area contributed by atoms with E-state index in [9.17, 15) is 9.59 Å². The van der Waals surface area contributed by atoms with Crippen molar-refractivity contribution < 1.29 is 14.3 Å². The number of carbonyl (C=O) groups excluding carboxylic acids is 2. The van der Waals surface area contributed by atoms with E-state index in [-0.39, 0.29) is 12.0 Å². The van der Waals surface area contributed by atoms with Crippen LogP contribution in [0.15, 0.2) is 48.8 Å². The monoisotopic (exact) mass is 354 g/mol. The molecule has 0 atom stereocenters. The molecule has 1 saturated heterocycles. The standard InChI is InChI=1S/C19H22N4O3/c1-26-18(24)16-6-2-3-7-17(16)22-9-11-23(12-10-22)19(25)21-14-15-5-4-8-20-13-15/h2-8,13H,9-12,14H2,1H3,(H,21,25). The number of carbonyl (C=O) groups is 2. The van der Waals surface area contributed by atoms with E-state index in [2.05, 4.69) is 15.2 Å². The van der Waals surface area contributed by atoms with Crippen molar-refractivity contribution >= 4 is 17.7 Å². The highest BCUT2D eigenvalue weighted by molar-refractivity contribution is 5.95. The highest BCUT2D eigenvalue weighted by atomic mass is 16.5. The molecule has 2 amide bonds. The number of nitrogens with one attached hydrogen (secondary N) is 1. The van der Waals surface area contributed by atoms with Gasteiger partial charge in [0.2, 0.25) is 0 Å². The van der Waals surface area contributed by atoms with Gasteiger partial charge in [-0.2, -0.15) is 0 Å². The second-order valence-electron chi connectivity index (χ2n) is 6.00. The summed E-state index contributed by atoms with van der Waals surface area (Å²) in [6.45, 7) is 2.96. The Morgan fingerprint density at radius 3 is 2.58 bits per heavy atom. The van der Waals surface area contributed by atoms with E-state index >= 15 is 0 Å². The van der Waals surface area contributed by atoms with Crippen LogP contribution < -0.4 is 10.2 Å². The molecule has 1 aromatic heterocycles. The third-order valence-electron chi connectivity index (χ3n) is 4.38. The van der Waals surface area contributed by atoms with Gasteiger partial charge in [-0.05, 0) is 23.8 Å². The van der Waals surface area contributed by atoms with E-state index in [4.69, 9.17) is 4.74 Å². The van der Waals surface area contributed by atoms with Gasteiger partial charge in [0.15, 0.2) is 0 Å². The van der Waals surface area contributed by atoms with E-state index in [1.165, 1.54) is 7.11 Å². The number of urea groups is 1. The number of hydrogen-bond donors (Lipinski definition) is 1. The van der Waals surface area contributed by atoms with Crippen molar-refractivity contribution in [2.45, 2.75) is 6.54 Å². The van der Waals surface area contributed by atoms with Crippen LogP contribution >= 0.6 is 0 Å². The fourth-order valence-electron chi connectivity index (χ4n) is 2.97. The van der Waals surface area contributed by atoms with Gasteiger partial charge in [-0.15, -0.1) is 0 Å². The fourth-order valence-corrected chi connectivity index (χ4v) is 2.97. The van der Waals surface area contributed by atoms with Gasteiger partial charge in [-0.1, -0.05) is 18.2 Å². The fraction of sp³-hybridized carbons (Fsp3) is 0.316. The molecule has 1 aromatic carbocycles. The Labute approximate surface area is 152 Å². The molecule has 0 unspecified atom stereocenters. The summed E-state index contributed by atoms with van der Waals surface area (Å²) in [7, 11) is 1.38. The smallest absolute Gasteiger partial charge is 0.339 e. The topological polar surface area (TPSA) is 74.8 Å². The molecule has 7 heteroatoms. The molecule has 26 heavy (non-hydrogen) atoms. The lowest BCUT2D eigenvalue weighted by Crippen LogP contribution is -2.52. The van der Waals surface area contributed by atoms with Crippen molar-refractivity contribution in [1.29, 1.82) is 0 Å². The predicted octanol–water partition coefficient (Wildman–Crippen LogP) is 1.90. The van der Waals surface area contributed by atoms with Crippen LogP contribution in [0.25, 0.3) is 0 Å². The Hall–Kier alpha value is -3.09. The van der Waals surface area contributed by atoms with E-state index in [0.29, 0.717) is 38.3 Å². The number of aromatic nitrogens is 1. The molecule has 2 aromatic rings. The van der Waals surface area contributed by atoms with Gasteiger partial charge < -0.3 is 19.9 Å². The SMILES string of the molecule is COC(=O)c1ccccc1N1CCN(C(=O)NCc2cccnc2)CC1. The molecule has 0 spiro atoms. The van der Waals surface area contributed by atoms with Crippen LogP contribution in [0.5, 0.6) is 0 Å². The highest BCUT2D eigenvalue weighted by Crippen LogP contribution is 2.22. The van der Waals surface area contributed by atoms with Crippen LogP contribution in [0.3, 0.4) is 0 Å². The molecule has 7 nitrogen and oxygen atoms in total. The third-order valence-corrected chi connectivity index (χ3v) is 4.38. The average molecular weight is 354 g/mol. The number of piperazine rings is 1. The minimum absolute atomic E-state index is 0.0882. The quantitative estimate of drug-likeness (QED) is 0.849. The van der Waals surface area contributed by atoms with Crippen LogP contribution in [0.1, 0.15) is 15.9 Å². The van der Waals surface area contributed by atoms with Crippen molar-refractivity contribution in [1.82, 2.24) is 15.2 Å². The first kappa shape index (κ1) is 17.7. The minimum atomic E-state index is -0.350. The summed E-state index contributed by atoms with van der Waals surface area (Å²) < 4.78 is 4.86. The number of pyridine rings is 1. The van der Waals surface area contributed by atoms with Crippen LogP contribution in [-0.4, -0.2) is 55.2 Å². The molecular formula is C19H22N4O3. The van der Waals surface area contributed by atoms with E-state index in [1.54, 1.807) is 23.4 Å². The first-order valence-electron chi connectivity index (χ1n) is 8.53. The molecule has 0 saturated carbocycles. The Balaban J connectivity index is 1.56. The summed E-state index contributed by atoms with van der Waals surface area (Å²) in [6.07, 6.45) is 3.44. The van der Waals surface area contributed by atoms with Crippen molar-refractivity contribution in [3.63, 3.8) is 0 Å². The summed E-state index contributed by atoms with van der Waals surface area (Å²) in [5, 5.41) is 2.92. The Bertz CT molecular complexity index is 758. The second-order valence-corrected chi connectivity index (χ2v) is 6.00. The maximum atomic E-state index is 12.3. The number of anilines is 1. The summed E-state index contributed by atoms with van der Waals surface area (Å²) in [5.74, 6) is -0.350. The largest absolute Gasteiger partial charge is 0.465 e. The lowest BCUT2D eigenvalue weighted by Gasteiger charge is -2.36. The van der Waals surface area contributed by atoms with Gasteiger partial charge in [0.25, 0.3) is 0 Å². The Morgan fingerprint density at radius 2 is 1.88 bits per heavy atom. The Morgan fingerprint density at radius 1 is 1.12 bits per heavy atom. The average Bonchev–Trinajstić information content (AvgIpc) is 2.72. The summed E-state index contributed by atoms with van der Waals surface area (Å²) in [5.41, 5.74) is 2.35. The number of esters is 1. The number of ether oxygens (including phenoxy) is 1. The van der Waals surface area contributed by atoms with Crippen LogP contribution in [0.2, 0.25) is 0 Å². The van der Waals surface area contributed by atoms with Crippen molar-refractivity contribution in [2.24, 2.45) is 0 Å². The summed E-state index contributed by atoms with van der Waals surface area (Å²) >= 11 is 0. The number of nitrogens with zero attached hydrogens (tertiary/aromatic N) is 3. The van der Waals surface area contributed by atoms with Gasteiger partial charge >= 0.3 is 12.0 Å². The molecule has 3 rings (SSSR count). The Kier molecular flexibility index (Phi) is 5.68.